The van der Waals surface area contributed by atoms with Crippen molar-refractivity contribution in [3.63, 3.8) is 0 Å². The molecule has 0 saturated heterocycles. The zero-order valence-corrected chi connectivity index (χ0v) is 12.7. The number of nitrogens with zero attached hydrogens (tertiary/aromatic N) is 1. The van der Waals surface area contributed by atoms with Crippen LogP contribution < -0.4 is 11.1 Å². The number of guanidine groups is 1. The summed E-state index contributed by atoms with van der Waals surface area (Å²) < 4.78 is 0. The van der Waals surface area contributed by atoms with Crippen molar-refractivity contribution >= 4 is 5.96 Å². The summed E-state index contributed by atoms with van der Waals surface area (Å²) in [5.41, 5.74) is 5.74. The van der Waals surface area contributed by atoms with Crippen LogP contribution in [-0.2, 0) is 0 Å². The van der Waals surface area contributed by atoms with Crippen LogP contribution in [0.5, 0.6) is 0 Å². The molecule has 110 valence electrons. The molecule has 0 atom stereocenters. The first kappa shape index (κ1) is 14.7. The average Bonchev–Trinajstić information content (AvgIpc) is 2.43. The third-order valence-electron chi connectivity index (χ3n) is 5.24. The third-order valence-corrected chi connectivity index (χ3v) is 5.24. The van der Waals surface area contributed by atoms with Crippen LogP contribution in [0.15, 0.2) is 4.99 Å². The van der Waals surface area contributed by atoms with E-state index in [0.717, 1.165) is 17.8 Å². The number of hydrogen-bond acceptors (Lipinski definition) is 1. The van der Waals surface area contributed by atoms with E-state index >= 15 is 0 Å². The predicted octanol–water partition coefficient (Wildman–Crippen LogP) is 3.30. The Morgan fingerprint density at radius 3 is 2.05 bits per heavy atom. The van der Waals surface area contributed by atoms with Crippen LogP contribution in [0.25, 0.3) is 0 Å². The molecule has 0 amide bonds. The van der Waals surface area contributed by atoms with E-state index in [1.807, 2.05) is 0 Å². The summed E-state index contributed by atoms with van der Waals surface area (Å²) in [5.74, 6) is 3.57. The summed E-state index contributed by atoms with van der Waals surface area (Å²) in [5, 5.41) is 3.33. The van der Waals surface area contributed by atoms with E-state index in [2.05, 4.69) is 17.2 Å². The predicted molar refractivity (Wildman–Crippen MR) is 82.2 cm³/mol. The summed E-state index contributed by atoms with van der Waals surface area (Å²) in [6, 6.07) is 0.561. The van der Waals surface area contributed by atoms with Crippen LogP contribution >= 0.6 is 0 Å². The van der Waals surface area contributed by atoms with Gasteiger partial charge in [0.2, 0.25) is 0 Å². The van der Waals surface area contributed by atoms with Gasteiger partial charge in [0.25, 0.3) is 0 Å². The molecule has 0 unspecified atom stereocenters. The molecule has 3 nitrogen and oxygen atoms in total. The highest BCUT2D eigenvalue weighted by molar-refractivity contribution is 5.77. The van der Waals surface area contributed by atoms with Gasteiger partial charge in [-0.15, -0.1) is 0 Å². The fourth-order valence-corrected chi connectivity index (χ4v) is 3.85. The van der Waals surface area contributed by atoms with Crippen LogP contribution in [0.3, 0.4) is 0 Å². The van der Waals surface area contributed by atoms with Crippen molar-refractivity contribution in [1.82, 2.24) is 5.32 Å². The van der Waals surface area contributed by atoms with Crippen LogP contribution in [-0.4, -0.2) is 19.0 Å². The lowest BCUT2D eigenvalue weighted by Gasteiger charge is -2.33. The highest BCUT2D eigenvalue weighted by Gasteiger charge is 2.25. The number of nitrogens with two attached hydrogens (primary N) is 1. The van der Waals surface area contributed by atoms with Gasteiger partial charge < -0.3 is 11.1 Å². The molecule has 0 spiro atoms. The Morgan fingerprint density at radius 2 is 1.53 bits per heavy atom. The van der Waals surface area contributed by atoms with Gasteiger partial charge in [-0.25, -0.2) is 0 Å². The quantitative estimate of drug-likeness (QED) is 0.607. The first-order valence-corrected chi connectivity index (χ1v) is 8.16. The summed E-state index contributed by atoms with van der Waals surface area (Å²) in [4.78, 5) is 3.99. The van der Waals surface area contributed by atoms with Crippen molar-refractivity contribution in [2.45, 2.75) is 70.8 Å². The maximum atomic E-state index is 5.74. The van der Waals surface area contributed by atoms with Crippen molar-refractivity contribution < 1.29 is 0 Å². The number of aliphatic imine (C=N–C) groups is 1. The summed E-state index contributed by atoms with van der Waals surface area (Å²) in [6.45, 7) is 2.41. The van der Waals surface area contributed by atoms with Gasteiger partial charge in [0.15, 0.2) is 5.96 Å². The lowest BCUT2D eigenvalue weighted by Crippen LogP contribution is -2.42. The Bertz CT molecular complexity index is 284. The molecule has 2 rings (SSSR count). The molecule has 19 heavy (non-hydrogen) atoms. The number of rotatable bonds is 3. The van der Waals surface area contributed by atoms with E-state index in [4.69, 9.17) is 5.73 Å². The Balaban J connectivity index is 1.66. The topological polar surface area (TPSA) is 50.4 Å². The first-order chi connectivity index (χ1) is 9.17. The molecule has 0 bridgehead atoms. The molecule has 0 aromatic heterocycles. The Labute approximate surface area is 118 Å². The monoisotopic (exact) mass is 265 g/mol. The highest BCUT2D eigenvalue weighted by Crippen LogP contribution is 2.36. The van der Waals surface area contributed by atoms with E-state index < -0.39 is 0 Å². The van der Waals surface area contributed by atoms with E-state index in [1.54, 1.807) is 7.05 Å². The maximum absolute atomic E-state index is 5.74. The molecule has 0 aromatic rings. The van der Waals surface area contributed by atoms with E-state index in [9.17, 15) is 0 Å². The standard InChI is InChI=1S/C16H31N3/c1-12-3-5-13(6-4-12)11-14-7-9-15(10-8-14)19-16(17)18-2/h12-15H,3-11H2,1-2H3,(H3,17,18,19). The molecule has 0 aromatic carbocycles. The first-order valence-electron chi connectivity index (χ1n) is 8.16. The Morgan fingerprint density at radius 1 is 1.00 bits per heavy atom. The van der Waals surface area contributed by atoms with E-state index in [1.165, 1.54) is 57.8 Å². The van der Waals surface area contributed by atoms with E-state index in [0.29, 0.717) is 12.0 Å². The van der Waals surface area contributed by atoms with E-state index in [-0.39, 0.29) is 0 Å². The fourth-order valence-electron chi connectivity index (χ4n) is 3.85. The molecule has 2 fully saturated rings. The minimum atomic E-state index is 0.561. The SMILES string of the molecule is CN=C(N)NC1CCC(CC2CCC(C)CC2)CC1. The molecule has 0 radical (unpaired) electrons. The molecule has 2 saturated carbocycles. The zero-order valence-electron chi connectivity index (χ0n) is 12.7. The minimum absolute atomic E-state index is 0.561. The maximum Gasteiger partial charge on any atom is 0.188 e. The van der Waals surface area contributed by atoms with Crippen molar-refractivity contribution in [3.8, 4) is 0 Å². The van der Waals surface area contributed by atoms with Gasteiger partial charge >= 0.3 is 0 Å². The molecular formula is C16H31N3. The number of nitrogens with one attached hydrogen (secondary N) is 1. The fraction of sp³-hybridized carbons (Fsp3) is 0.938. The van der Waals surface area contributed by atoms with Crippen LogP contribution in [0, 0.1) is 17.8 Å². The van der Waals surface area contributed by atoms with Crippen molar-refractivity contribution in [2.75, 3.05) is 7.05 Å². The molecule has 0 aliphatic heterocycles. The van der Waals surface area contributed by atoms with Gasteiger partial charge in [0.05, 0.1) is 0 Å². The van der Waals surface area contributed by atoms with Gasteiger partial charge in [-0.3, -0.25) is 4.99 Å². The molecule has 0 heterocycles. The van der Waals surface area contributed by atoms with Crippen molar-refractivity contribution in [1.29, 1.82) is 0 Å². The minimum Gasteiger partial charge on any atom is -0.370 e. The molecule has 2 aliphatic rings. The molecule has 3 heteroatoms. The normalized spacial score (nSPS) is 37.1. The second kappa shape index (κ2) is 7.16. The average molecular weight is 265 g/mol. The molecule has 3 N–H and O–H groups in total. The van der Waals surface area contributed by atoms with Crippen molar-refractivity contribution in [3.05, 3.63) is 0 Å². The van der Waals surface area contributed by atoms with Crippen LogP contribution in [0.4, 0.5) is 0 Å². The largest absolute Gasteiger partial charge is 0.370 e. The van der Waals surface area contributed by atoms with Gasteiger partial charge in [0, 0.05) is 13.1 Å². The Kier molecular flexibility index (Phi) is 5.53. The van der Waals surface area contributed by atoms with Crippen molar-refractivity contribution in [2.24, 2.45) is 28.5 Å². The lowest BCUT2D eigenvalue weighted by molar-refractivity contribution is 0.208. The Hall–Kier alpha value is -0.730. The van der Waals surface area contributed by atoms with Gasteiger partial charge in [-0.05, 0) is 49.9 Å². The lowest BCUT2D eigenvalue weighted by atomic mass is 9.75. The summed E-state index contributed by atoms with van der Waals surface area (Å²) in [6.07, 6.45) is 12.7. The zero-order chi connectivity index (χ0) is 13.7. The smallest absolute Gasteiger partial charge is 0.188 e. The molecule has 2 aliphatic carbocycles. The highest BCUT2D eigenvalue weighted by atomic mass is 15.1. The number of hydrogen-bond donors (Lipinski definition) is 2. The van der Waals surface area contributed by atoms with Gasteiger partial charge in [-0.2, -0.15) is 0 Å². The summed E-state index contributed by atoms with van der Waals surface area (Å²) in [7, 11) is 1.75. The van der Waals surface area contributed by atoms with Crippen LogP contribution in [0.1, 0.15) is 64.7 Å². The van der Waals surface area contributed by atoms with Gasteiger partial charge in [0.1, 0.15) is 0 Å². The summed E-state index contributed by atoms with van der Waals surface area (Å²) >= 11 is 0. The molecular weight excluding hydrogens is 234 g/mol. The van der Waals surface area contributed by atoms with Crippen LogP contribution in [0.2, 0.25) is 0 Å². The third kappa shape index (κ3) is 4.70. The second-order valence-corrected chi connectivity index (χ2v) is 6.83. The van der Waals surface area contributed by atoms with Gasteiger partial charge in [-0.1, -0.05) is 32.6 Å². The second-order valence-electron chi connectivity index (χ2n) is 6.83.